The van der Waals surface area contributed by atoms with Crippen molar-refractivity contribution in [2.24, 2.45) is 4.99 Å². The Bertz CT molecular complexity index is 2310. The third-order valence-electron chi connectivity index (χ3n) is 7.63. The van der Waals surface area contributed by atoms with Crippen molar-refractivity contribution in [3.05, 3.63) is 153 Å². The summed E-state index contributed by atoms with van der Waals surface area (Å²) in [5.41, 5.74) is 5.07. The van der Waals surface area contributed by atoms with Crippen molar-refractivity contribution in [2.45, 2.75) is 18.2 Å². The van der Waals surface area contributed by atoms with Gasteiger partial charge in [-0.2, -0.15) is 0 Å². The van der Waals surface area contributed by atoms with E-state index in [2.05, 4.69) is 20.3 Å². The monoisotopic (exact) mass is 721 g/mol. The number of nitro groups is 1. The number of carbonyl (C=O) groups is 2. The van der Waals surface area contributed by atoms with E-state index in [1.807, 2.05) is 43.3 Å². The lowest BCUT2D eigenvalue weighted by Crippen LogP contribution is -2.31. The van der Waals surface area contributed by atoms with E-state index in [0.717, 1.165) is 28.3 Å². The molecule has 0 aliphatic carbocycles. The zero-order chi connectivity index (χ0) is 36.1. The molecule has 6 rings (SSSR count). The lowest BCUT2D eigenvalue weighted by atomic mass is 10.0. The number of benzene rings is 5. The molecule has 11 nitrogen and oxygen atoms in total. The van der Waals surface area contributed by atoms with Crippen LogP contribution in [0.15, 0.2) is 130 Å². The largest absolute Gasteiger partial charge is 0.353 e. The van der Waals surface area contributed by atoms with Gasteiger partial charge >= 0.3 is 0 Å². The van der Waals surface area contributed by atoms with Gasteiger partial charge in [-0.1, -0.05) is 66.2 Å². The molecule has 0 unspecified atom stereocenters. The Morgan fingerprint density at radius 3 is 2.20 bits per heavy atom. The Kier molecular flexibility index (Phi) is 10.1. The summed E-state index contributed by atoms with van der Waals surface area (Å²) in [7, 11) is -3.98. The van der Waals surface area contributed by atoms with E-state index in [0.29, 0.717) is 27.0 Å². The van der Waals surface area contributed by atoms with Gasteiger partial charge in [-0.15, -0.1) is 0 Å². The Hall–Kier alpha value is -6.12. The van der Waals surface area contributed by atoms with Crippen molar-refractivity contribution in [2.75, 3.05) is 5.32 Å². The average molecular weight is 722 g/mol. The summed E-state index contributed by atoms with van der Waals surface area (Å²) in [4.78, 5) is 40.3. The van der Waals surface area contributed by atoms with Crippen LogP contribution in [-0.4, -0.2) is 30.3 Å². The maximum atomic E-state index is 14.3. The summed E-state index contributed by atoms with van der Waals surface area (Å²) in [5.74, 6) is -1.69. The second-order valence-electron chi connectivity index (χ2n) is 11.4. The first-order valence-corrected chi connectivity index (χ1v) is 17.6. The predicted octanol–water partition coefficient (Wildman–Crippen LogP) is 7.39. The van der Waals surface area contributed by atoms with Crippen LogP contribution in [0, 0.1) is 22.9 Å². The van der Waals surface area contributed by atoms with Gasteiger partial charge in [0, 0.05) is 11.8 Å². The minimum Gasteiger partial charge on any atom is -0.353 e. The maximum Gasteiger partial charge on any atom is 0.272 e. The Labute approximate surface area is 296 Å². The molecule has 5 aromatic carbocycles. The summed E-state index contributed by atoms with van der Waals surface area (Å²) < 4.78 is 41.4. The molecular formula is C37H28FN5O6S2. The normalized spacial score (nSPS) is 14.4. The molecule has 0 aromatic heterocycles. The van der Waals surface area contributed by atoms with Crippen LogP contribution in [0.3, 0.4) is 0 Å². The molecule has 0 radical (unpaired) electrons. The second kappa shape index (κ2) is 14.8. The third kappa shape index (κ3) is 8.73. The number of amidine groups is 1. The van der Waals surface area contributed by atoms with Gasteiger partial charge in [-0.3, -0.25) is 19.7 Å². The van der Waals surface area contributed by atoms with E-state index in [1.54, 1.807) is 54.6 Å². The highest BCUT2D eigenvalue weighted by Gasteiger charge is 2.24. The molecule has 256 valence electrons. The van der Waals surface area contributed by atoms with Crippen molar-refractivity contribution in [1.82, 2.24) is 10.0 Å². The van der Waals surface area contributed by atoms with E-state index in [-0.39, 0.29) is 28.6 Å². The van der Waals surface area contributed by atoms with Crippen LogP contribution in [0.4, 0.5) is 27.1 Å². The Morgan fingerprint density at radius 2 is 1.57 bits per heavy atom. The lowest BCUT2D eigenvalue weighted by molar-refractivity contribution is -0.385. The van der Waals surface area contributed by atoms with Gasteiger partial charge in [-0.05, 0) is 89.5 Å². The zero-order valence-electron chi connectivity index (χ0n) is 26.8. The van der Waals surface area contributed by atoms with Gasteiger partial charge in [0.25, 0.3) is 21.6 Å². The molecule has 2 amide bonds. The summed E-state index contributed by atoms with van der Waals surface area (Å²) >= 11 is 1.19. The minimum absolute atomic E-state index is 0.00878. The van der Waals surface area contributed by atoms with Crippen LogP contribution < -0.4 is 15.4 Å². The van der Waals surface area contributed by atoms with Crippen LogP contribution in [0.5, 0.6) is 0 Å². The average Bonchev–Trinajstić information content (AvgIpc) is 3.44. The van der Waals surface area contributed by atoms with Crippen LogP contribution in [0.25, 0.3) is 17.2 Å². The van der Waals surface area contributed by atoms with Gasteiger partial charge in [0.15, 0.2) is 11.0 Å². The smallest absolute Gasteiger partial charge is 0.272 e. The number of thioether (sulfide) groups is 1. The number of nitrogens with zero attached hydrogens (tertiary/aromatic N) is 2. The fraction of sp³-hybridized carbons (Fsp3) is 0.0541. The number of aryl methyl sites for hydroxylation is 1. The van der Waals surface area contributed by atoms with Gasteiger partial charge in [-0.25, -0.2) is 22.5 Å². The highest BCUT2D eigenvalue weighted by molar-refractivity contribution is 8.18. The second-order valence-corrected chi connectivity index (χ2v) is 14.1. The van der Waals surface area contributed by atoms with Gasteiger partial charge in [0.1, 0.15) is 0 Å². The van der Waals surface area contributed by atoms with Crippen LogP contribution in [0.2, 0.25) is 0 Å². The molecule has 1 saturated heterocycles. The molecule has 1 aliphatic heterocycles. The number of hydrogen-bond acceptors (Lipinski definition) is 9. The molecule has 1 fully saturated rings. The summed E-state index contributed by atoms with van der Waals surface area (Å²) in [5, 5.41) is 16.9. The number of amides is 2. The number of halogens is 1. The minimum atomic E-state index is -3.98. The maximum absolute atomic E-state index is 14.3. The first-order chi connectivity index (χ1) is 24.4. The molecule has 5 aromatic rings. The van der Waals surface area contributed by atoms with Gasteiger partial charge < -0.3 is 10.6 Å². The molecule has 0 bridgehead atoms. The number of aliphatic imine (C=N–C) groups is 1. The molecule has 0 saturated carbocycles. The molecule has 14 heteroatoms. The van der Waals surface area contributed by atoms with Crippen molar-refractivity contribution >= 4 is 67.6 Å². The van der Waals surface area contributed by atoms with Crippen LogP contribution in [-0.2, 0) is 26.0 Å². The predicted molar refractivity (Wildman–Crippen MR) is 196 cm³/mol. The van der Waals surface area contributed by atoms with E-state index in [4.69, 9.17) is 0 Å². The topological polar surface area (TPSA) is 160 Å². The molecule has 1 aliphatic rings. The Morgan fingerprint density at radius 1 is 0.922 bits per heavy atom. The lowest BCUT2D eigenvalue weighted by Gasteiger charge is -2.09. The zero-order valence-corrected chi connectivity index (χ0v) is 28.4. The third-order valence-corrected chi connectivity index (χ3v) is 9.93. The van der Waals surface area contributed by atoms with Crippen LogP contribution >= 0.6 is 11.8 Å². The van der Waals surface area contributed by atoms with E-state index in [9.17, 15) is 32.5 Å². The SMILES string of the molecule is Cc1ccc(S(=O)(=O)NC(=O)Cc2ccc(N=C3NC(=O)/C(=C\c4ccc(-c5ccc(Nc6ccc([N+](=O)[O-])cc6F)cc5)cc4)S3)cc2)cc1. The molecular weight excluding hydrogens is 694 g/mol. The van der Waals surface area contributed by atoms with Gasteiger partial charge in [0.2, 0.25) is 5.91 Å². The van der Waals surface area contributed by atoms with E-state index in [1.165, 1.54) is 36.0 Å². The number of anilines is 2. The first kappa shape index (κ1) is 34.7. The molecule has 51 heavy (non-hydrogen) atoms. The highest BCUT2D eigenvalue weighted by Crippen LogP contribution is 2.30. The Balaban J connectivity index is 1.04. The number of non-ortho nitro benzene ring substituents is 1. The fourth-order valence-electron chi connectivity index (χ4n) is 4.98. The highest BCUT2D eigenvalue weighted by atomic mass is 32.2. The van der Waals surface area contributed by atoms with E-state index < -0.39 is 26.7 Å². The number of sulfonamides is 1. The standard InChI is InChI=1S/C37H28FN5O6S2/c1-23-2-17-31(18-3-23)51(48,49)42-35(44)21-25-6-12-29(13-7-25)40-37-41-36(45)34(50-37)20-24-4-8-26(9-5-24)27-10-14-28(15-11-27)39-33-19-16-30(43(46)47)22-32(33)38/h2-20,22,39H,21H2,1H3,(H,42,44)(H,40,41,45)/b34-20+. The number of carbonyl (C=O) groups excluding carboxylic acids is 2. The van der Waals surface area contributed by atoms with Crippen molar-refractivity contribution in [3.8, 4) is 11.1 Å². The molecule has 1 heterocycles. The quantitative estimate of drug-likeness (QED) is 0.0765. The summed E-state index contributed by atoms with van der Waals surface area (Å²) in [6.45, 7) is 1.84. The number of nitro benzene ring substituents is 1. The number of nitrogens with one attached hydrogen (secondary N) is 3. The summed E-state index contributed by atoms with van der Waals surface area (Å²) in [6.07, 6.45) is 1.61. The number of rotatable bonds is 10. The molecule has 0 atom stereocenters. The fourth-order valence-corrected chi connectivity index (χ4v) is 6.80. The summed E-state index contributed by atoms with van der Waals surface area (Å²) in [6, 6.07) is 31.2. The van der Waals surface area contributed by atoms with Gasteiger partial charge in [0.05, 0.1) is 38.6 Å². The number of hydrogen-bond donors (Lipinski definition) is 3. The molecule has 0 spiro atoms. The molecule has 3 N–H and O–H groups in total. The van der Waals surface area contributed by atoms with E-state index >= 15 is 0 Å². The van der Waals surface area contributed by atoms with Crippen molar-refractivity contribution in [1.29, 1.82) is 0 Å². The van der Waals surface area contributed by atoms with Crippen molar-refractivity contribution in [3.63, 3.8) is 0 Å². The van der Waals surface area contributed by atoms with Crippen molar-refractivity contribution < 1.29 is 27.3 Å². The van der Waals surface area contributed by atoms with Crippen LogP contribution in [0.1, 0.15) is 16.7 Å². The first-order valence-electron chi connectivity index (χ1n) is 15.3.